The van der Waals surface area contributed by atoms with Crippen LogP contribution in [0.25, 0.3) is 0 Å². The first-order valence-electron chi connectivity index (χ1n) is 9.36. The molecular formula is C19H31F3O2Si. The van der Waals surface area contributed by atoms with Crippen LogP contribution >= 0.6 is 0 Å². The highest BCUT2D eigenvalue weighted by molar-refractivity contribution is 6.44. The molecule has 25 heavy (non-hydrogen) atoms. The SMILES string of the molecule is CCCO[SiH](CCCCCCc1cccc(C(F)(F)F)c1)OCCC. The fourth-order valence-corrected chi connectivity index (χ4v) is 4.66. The lowest BCUT2D eigenvalue weighted by Gasteiger charge is -2.16. The van der Waals surface area contributed by atoms with E-state index in [0.29, 0.717) is 6.42 Å². The first kappa shape index (κ1) is 22.2. The van der Waals surface area contributed by atoms with Crippen LogP contribution in [0.2, 0.25) is 6.04 Å². The molecule has 1 rings (SSSR count). The van der Waals surface area contributed by atoms with Crippen molar-refractivity contribution >= 4 is 9.28 Å². The second-order valence-electron chi connectivity index (χ2n) is 6.32. The summed E-state index contributed by atoms with van der Waals surface area (Å²) in [7, 11) is -1.53. The van der Waals surface area contributed by atoms with Gasteiger partial charge in [0.25, 0.3) is 0 Å². The smallest absolute Gasteiger partial charge is 0.397 e. The maximum absolute atomic E-state index is 12.7. The van der Waals surface area contributed by atoms with Crippen LogP contribution in [0.3, 0.4) is 0 Å². The Morgan fingerprint density at radius 1 is 0.920 bits per heavy atom. The first-order valence-corrected chi connectivity index (χ1v) is 11.1. The third-order valence-corrected chi connectivity index (χ3v) is 6.02. The Labute approximate surface area is 151 Å². The average Bonchev–Trinajstić information content (AvgIpc) is 2.59. The van der Waals surface area contributed by atoms with Crippen molar-refractivity contribution in [2.45, 2.75) is 71.0 Å². The summed E-state index contributed by atoms with van der Waals surface area (Å²) in [6, 6.07) is 6.67. The molecule has 0 aliphatic heterocycles. The fraction of sp³-hybridized carbons (Fsp3) is 0.684. The van der Waals surface area contributed by atoms with Gasteiger partial charge in [-0.2, -0.15) is 13.2 Å². The lowest BCUT2D eigenvalue weighted by molar-refractivity contribution is -0.137. The van der Waals surface area contributed by atoms with Crippen molar-refractivity contribution in [3.8, 4) is 0 Å². The topological polar surface area (TPSA) is 18.5 Å². The number of alkyl halides is 3. The molecule has 144 valence electrons. The van der Waals surface area contributed by atoms with Gasteiger partial charge in [-0.15, -0.1) is 0 Å². The molecule has 0 bridgehead atoms. The van der Waals surface area contributed by atoms with Gasteiger partial charge in [-0.1, -0.05) is 51.3 Å². The highest BCUT2D eigenvalue weighted by atomic mass is 28.3. The zero-order valence-corrected chi connectivity index (χ0v) is 16.6. The quantitative estimate of drug-likeness (QED) is 0.316. The molecule has 0 amide bonds. The van der Waals surface area contributed by atoms with Crippen LogP contribution in [0.4, 0.5) is 13.2 Å². The van der Waals surface area contributed by atoms with Crippen molar-refractivity contribution in [3.63, 3.8) is 0 Å². The molecule has 1 aromatic rings. The lowest BCUT2D eigenvalue weighted by atomic mass is 10.0. The number of unbranched alkanes of at least 4 members (excludes halogenated alkanes) is 3. The van der Waals surface area contributed by atoms with E-state index in [-0.39, 0.29) is 0 Å². The summed E-state index contributed by atoms with van der Waals surface area (Å²) in [5.74, 6) is 0. The monoisotopic (exact) mass is 376 g/mol. The van der Waals surface area contributed by atoms with E-state index in [9.17, 15) is 13.2 Å². The largest absolute Gasteiger partial charge is 0.416 e. The number of hydrogen-bond acceptors (Lipinski definition) is 2. The van der Waals surface area contributed by atoms with Crippen LogP contribution in [0.15, 0.2) is 24.3 Å². The molecule has 0 aliphatic carbocycles. The molecule has 0 aliphatic rings. The summed E-state index contributed by atoms with van der Waals surface area (Å²) in [6.07, 6.45) is 2.56. The average molecular weight is 377 g/mol. The number of hydrogen-bond donors (Lipinski definition) is 0. The Balaban J connectivity index is 2.22. The number of benzene rings is 1. The Morgan fingerprint density at radius 2 is 1.56 bits per heavy atom. The molecule has 0 fully saturated rings. The van der Waals surface area contributed by atoms with Crippen LogP contribution in [-0.4, -0.2) is 22.5 Å². The van der Waals surface area contributed by atoms with Gasteiger partial charge in [-0.25, -0.2) is 0 Å². The van der Waals surface area contributed by atoms with Crippen molar-refractivity contribution in [1.29, 1.82) is 0 Å². The molecule has 0 saturated carbocycles. The summed E-state index contributed by atoms with van der Waals surface area (Å²) in [5.41, 5.74) is 0.208. The number of rotatable bonds is 13. The summed E-state index contributed by atoms with van der Waals surface area (Å²) >= 11 is 0. The third kappa shape index (κ3) is 10.0. The highest BCUT2D eigenvalue weighted by Crippen LogP contribution is 2.29. The molecule has 0 atom stereocenters. The van der Waals surface area contributed by atoms with Crippen molar-refractivity contribution < 1.29 is 22.0 Å². The van der Waals surface area contributed by atoms with E-state index in [1.165, 1.54) is 12.1 Å². The Morgan fingerprint density at radius 3 is 2.16 bits per heavy atom. The summed E-state index contributed by atoms with van der Waals surface area (Å²) in [6.45, 7) is 5.74. The summed E-state index contributed by atoms with van der Waals surface area (Å²) in [5, 5.41) is 0. The molecule has 0 aromatic heterocycles. The van der Waals surface area contributed by atoms with Crippen LogP contribution in [-0.2, 0) is 21.4 Å². The molecular weight excluding hydrogens is 345 g/mol. The minimum atomic E-state index is -4.26. The second kappa shape index (κ2) is 12.5. The minimum Gasteiger partial charge on any atom is -0.397 e. The zero-order chi connectivity index (χ0) is 18.5. The van der Waals surface area contributed by atoms with Gasteiger partial charge < -0.3 is 8.85 Å². The van der Waals surface area contributed by atoms with Gasteiger partial charge in [-0.05, 0) is 43.4 Å². The standard InChI is InChI=1S/C19H31F3O2Si/c1-3-13-23-25(24-14-4-2)15-8-6-5-7-10-17-11-9-12-18(16-17)19(20,21)22/h9,11-12,16,25H,3-8,10,13-15H2,1-2H3. The maximum Gasteiger partial charge on any atom is 0.416 e. The van der Waals surface area contributed by atoms with Crippen molar-refractivity contribution in [2.75, 3.05) is 13.2 Å². The normalized spacial score (nSPS) is 12.1. The van der Waals surface area contributed by atoms with Gasteiger partial charge in [0.15, 0.2) is 0 Å². The van der Waals surface area contributed by atoms with E-state index in [2.05, 4.69) is 13.8 Å². The van der Waals surface area contributed by atoms with E-state index < -0.39 is 21.0 Å². The molecule has 0 saturated heterocycles. The van der Waals surface area contributed by atoms with Crippen LogP contribution in [0.1, 0.15) is 63.5 Å². The van der Waals surface area contributed by atoms with E-state index in [1.807, 2.05) is 0 Å². The molecule has 6 heteroatoms. The number of halogens is 3. The van der Waals surface area contributed by atoms with Gasteiger partial charge in [0, 0.05) is 13.2 Å². The van der Waals surface area contributed by atoms with Crippen molar-refractivity contribution in [3.05, 3.63) is 35.4 Å². The highest BCUT2D eigenvalue weighted by Gasteiger charge is 2.30. The van der Waals surface area contributed by atoms with E-state index in [1.54, 1.807) is 6.07 Å². The molecule has 0 radical (unpaired) electrons. The van der Waals surface area contributed by atoms with E-state index in [0.717, 1.165) is 69.4 Å². The molecule has 0 N–H and O–H groups in total. The fourth-order valence-electron chi connectivity index (χ4n) is 2.61. The van der Waals surface area contributed by atoms with Gasteiger partial charge in [0.05, 0.1) is 5.56 Å². The predicted octanol–water partition coefficient (Wildman–Crippen LogP) is 5.88. The molecule has 1 aromatic carbocycles. The number of aryl methyl sites for hydroxylation is 1. The van der Waals surface area contributed by atoms with Gasteiger partial charge in [0.1, 0.15) is 0 Å². The first-order chi connectivity index (χ1) is 12.0. The van der Waals surface area contributed by atoms with E-state index >= 15 is 0 Å². The Hall–Kier alpha value is -0.853. The van der Waals surface area contributed by atoms with Gasteiger partial charge >= 0.3 is 15.5 Å². The molecule has 0 unspecified atom stereocenters. The Bertz CT molecular complexity index is 458. The lowest BCUT2D eigenvalue weighted by Crippen LogP contribution is -2.23. The van der Waals surface area contributed by atoms with Crippen LogP contribution in [0, 0.1) is 0 Å². The van der Waals surface area contributed by atoms with Crippen LogP contribution < -0.4 is 0 Å². The van der Waals surface area contributed by atoms with Gasteiger partial charge in [-0.3, -0.25) is 0 Å². The maximum atomic E-state index is 12.7. The molecule has 0 heterocycles. The minimum absolute atomic E-state index is 0.556. The second-order valence-corrected chi connectivity index (χ2v) is 8.43. The summed E-state index contributed by atoms with van der Waals surface area (Å²) in [4.78, 5) is 0. The van der Waals surface area contributed by atoms with Crippen molar-refractivity contribution in [2.24, 2.45) is 0 Å². The van der Waals surface area contributed by atoms with E-state index in [4.69, 9.17) is 8.85 Å². The molecule has 2 nitrogen and oxygen atoms in total. The predicted molar refractivity (Wildman–Crippen MR) is 98.1 cm³/mol. The zero-order valence-electron chi connectivity index (χ0n) is 15.4. The van der Waals surface area contributed by atoms with Crippen molar-refractivity contribution in [1.82, 2.24) is 0 Å². The van der Waals surface area contributed by atoms with Crippen LogP contribution in [0.5, 0.6) is 0 Å². The summed E-state index contributed by atoms with van der Waals surface area (Å²) < 4.78 is 49.7. The van der Waals surface area contributed by atoms with Gasteiger partial charge in [0.2, 0.25) is 0 Å². The third-order valence-electron chi connectivity index (χ3n) is 3.93. The Kier molecular flexibility index (Phi) is 11.1. The molecule has 0 spiro atoms.